The Bertz CT molecular complexity index is 180. The minimum absolute atomic E-state index is 0.230. The second-order valence-corrected chi connectivity index (χ2v) is 4.19. The van der Waals surface area contributed by atoms with Gasteiger partial charge in [0.15, 0.2) is 0 Å². The van der Waals surface area contributed by atoms with Crippen LogP contribution in [0.3, 0.4) is 0 Å². The number of carbonyl (C=O) groups is 1. The highest BCUT2D eigenvalue weighted by Crippen LogP contribution is 2.22. The van der Waals surface area contributed by atoms with Crippen LogP contribution in [0.2, 0.25) is 0 Å². The topological polar surface area (TPSA) is 17.1 Å². The summed E-state index contributed by atoms with van der Waals surface area (Å²) in [6.45, 7) is 8.13. The molecule has 0 amide bonds. The van der Waals surface area contributed by atoms with Crippen molar-refractivity contribution in [2.75, 3.05) is 0 Å². The Kier molecular flexibility index (Phi) is 5.23. The Morgan fingerprint density at radius 2 is 1.83 bits per heavy atom. The van der Waals surface area contributed by atoms with Crippen LogP contribution < -0.4 is 0 Å². The molecule has 0 unspecified atom stereocenters. The average molecular weight is 189 g/mol. The van der Waals surface area contributed by atoms with Crippen LogP contribution in [-0.4, -0.2) is 6.29 Å². The van der Waals surface area contributed by atoms with Crippen LogP contribution in [0, 0.1) is 11.8 Å². The highest BCUT2D eigenvalue weighted by atomic mass is 35.5. The molecule has 0 N–H and O–H groups in total. The summed E-state index contributed by atoms with van der Waals surface area (Å²) in [5, 5.41) is 0.718. The summed E-state index contributed by atoms with van der Waals surface area (Å²) in [4.78, 5) is 10.6. The predicted octanol–water partition coefficient (Wildman–Crippen LogP) is 3.38. The zero-order valence-corrected chi connectivity index (χ0v) is 8.98. The molecule has 2 heteroatoms. The van der Waals surface area contributed by atoms with E-state index in [9.17, 15) is 4.79 Å². The van der Waals surface area contributed by atoms with Crippen molar-refractivity contribution in [2.24, 2.45) is 11.8 Å². The van der Waals surface area contributed by atoms with Crippen LogP contribution >= 0.6 is 11.6 Å². The second kappa shape index (κ2) is 5.36. The third-order valence-corrected chi connectivity index (χ3v) is 2.02. The minimum Gasteiger partial charge on any atom is -0.298 e. The molecule has 0 bridgehead atoms. The van der Waals surface area contributed by atoms with Crippen LogP contribution in [-0.2, 0) is 4.79 Å². The maximum atomic E-state index is 10.6. The van der Waals surface area contributed by atoms with Gasteiger partial charge in [-0.25, -0.2) is 0 Å². The molecule has 0 aromatic heterocycles. The van der Waals surface area contributed by atoms with Crippen molar-refractivity contribution in [1.29, 1.82) is 0 Å². The van der Waals surface area contributed by atoms with E-state index in [1.165, 1.54) is 0 Å². The van der Waals surface area contributed by atoms with Crippen LogP contribution in [0.4, 0.5) is 0 Å². The van der Waals surface area contributed by atoms with E-state index in [1.54, 1.807) is 0 Å². The smallest absolute Gasteiger partial charge is 0.147 e. The van der Waals surface area contributed by atoms with Gasteiger partial charge in [0, 0.05) is 10.6 Å². The summed E-state index contributed by atoms with van der Waals surface area (Å²) in [5.41, 5.74) is 0.741. The standard InChI is InChI=1S/C10H17ClO/c1-7(2)5-10(11)9(6-12)8(3)4/h6-8H,5H2,1-4H3. The van der Waals surface area contributed by atoms with Crippen LogP contribution in [0.5, 0.6) is 0 Å². The third-order valence-electron chi connectivity index (χ3n) is 1.65. The van der Waals surface area contributed by atoms with Gasteiger partial charge in [0.25, 0.3) is 0 Å². The number of allylic oxidation sites excluding steroid dienone is 2. The van der Waals surface area contributed by atoms with Crippen molar-refractivity contribution in [3.05, 3.63) is 10.6 Å². The molecule has 0 heterocycles. The molecule has 0 radical (unpaired) electrons. The van der Waals surface area contributed by atoms with Gasteiger partial charge in [-0.15, -0.1) is 0 Å². The fraction of sp³-hybridized carbons (Fsp3) is 0.700. The van der Waals surface area contributed by atoms with E-state index in [2.05, 4.69) is 13.8 Å². The molecule has 0 aromatic rings. The molecule has 0 spiro atoms. The minimum atomic E-state index is 0.230. The lowest BCUT2D eigenvalue weighted by molar-refractivity contribution is -0.105. The summed E-state index contributed by atoms with van der Waals surface area (Å²) < 4.78 is 0. The molecule has 0 aliphatic rings. The van der Waals surface area contributed by atoms with Crippen LogP contribution in [0.25, 0.3) is 0 Å². The molecule has 12 heavy (non-hydrogen) atoms. The van der Waals surface area contributed by atoms with Crippen LogP contribution in [0.15, 0.2) is 10.6 Å². The normalized spacial score (nSPS) is 13.6. The van der Waals surface area contributed by atoms with Gasteiger partial charge >= 0.3 is 0 Å². The molecule has 0 aliphatic carbocycles. The Balaban J connectivity index is 4.49. The lowest BCUT2D eigenvalue weighted by Crippen LogP contribution is -2.00. The Morgan fingerprint density at radius 3 is 2.08 bits per heavy atom. The molecule has 0 rings (SSSR count). The SMILES string of the molecule is CC(C)CC(Cl)=C(C=O)C(C)C. The highest BCUT2D eigenvalue weighted by molar-refractivity contribution is 6.31. The summed E-state index contributed by atoms with van der Waals surface area (Å²) in [6.07, 6.45) is 1.67. The number of aldehydes is 1. The quantitative estimate of drug-likeness (QED) is 0.488. The first-order chi connectivity index (χ1) is 5.49. The molecule has 0 saturated heterocycles. The monoisotopic (exact) mass is 188 g/mol. The lowest BCUT2D eigenvalue weighted by Gasteiger charge is -2.09. The van der Waals surface area contributed by atoms with Gasteiger partial charge in [-0.1, -0.05) is 39.3 Å². The highest BCUT2D eigenvalue weighted by Gasteiger charge is 2.09. The molecule has 0 aromatic carbocycles. The molecule has 1 nitrogen and oxygen atoms in total. The zero-order chi connectivity index (χ0) is 9.72. The first-order valence-corrected chi connectivity index (χ1v) is 4.70. The maximum absolute atomic E-state index is 10.6. The Morgan fingerprint density at radius 1 is 1.33 bits per heavy atom. The van der Waals surface area contributed by atoms with Crippen LogP contribution in [0.1, 0.15) is 34.1 Å². The maximum Gasteiger partial charge on any atom is 0.147 e. The number of halogens is 1. The summed E-state index contributed by atoms with van der Waals surface area (Å²) in [5.74, 6) is 0.736. The molecular formula is C10H17ClO. The Labute approximate surface area is 79.8 Å². The Hall–Kier alpha value is -0.300. The van der Waals surface area contributed by atoms with E-state index < -0.39 is 0 Å². The van der Waals surface area contributed by atoms with Crippen molar-refractivity contribution in [1.82, 2.24) is 0 Å². The van der Waals surface area contributed by atoms with Gasteiger partial charge in [-0.3, -0.25) is 4.79 Å². The van der Waals surface area contributed by atoms with Gasteiger partial charge in [0.2, 0.25) is 0 Å². The molecule has 0 atom stereocenters. The summed E-state index contributed by atoms with van der Waals surface area (Å²) in [7, 11) is 0. The van der Waals surface area contributed by atoms with Gasteiger partial charge < -0.3 is 0 Å². The molecule has 0 fully saturated rings. The molecule has 0 aliphatic heterocycles. The van der Waals surface area contributed by atoms with E-state index in [4.69, 9.17) is 11.6 Å². The fourth-order valence-electron chi connectivity index (χ4n) is 0.990. The van der Waals surface area contributed by atoms with Crippen molar-refractivity contribution in [2.45, 2.75) is 34.1 Å². The fourth-order valence-corrected chi connectivity index (χ4v) is 1.56. The van der Waals surface area contributed by atoms with Crippen molar-refractivity contribution >= 4 is 17.9 Å². The van der Waals surface area contributed by atoms with Crippen molar-refractivity contribution < 1.29 is 4.79 Å². The number of hydrogen-bond acceptors (Lipinski definition) is 1. The van der Waals surface area contributed by atoms with E-state index in [0.717, 1.165) is 23.3 Å². The zero-order valence-electron chi connectivity index (χ0n) is 8.23. The predicted molar refractivity (Wildman–Crippen MR) is 53.2 cm³/mol. The van der Waals surface area contributed by atoms with E-state index in [1.807, 2.05) is 13.8 Å². The third kappa shape index (κ3) is 3.91. The number of hydrogen-bond donors (Lipinski definition) is 0. The van der Waals surface area contributed by atoms with Crippen molar-refractivity contribution in [3.63, 3.8) is 0 Å². The van der Waals surface area contributed by atoms with Gasteiger partial charge in [-0.05, 0) is 18.3 Å². The average Bonchev–Trinajstić information content (AvgIpc) is 1.85. The number of rotatable bonds is 4. The second-order valence-electron chi connectivity index (χ2n) is 3.73. The lowest BCUT2D eigenvalue weighted by atomic mass is 10.0. The van der Waals surface area contributed by atoms with E-state index in [-0.39, 0.29) is 5.92 Å². The van der Waals surface area contributed by atoms with Gasteiger partial charge in [0.1, 0.15) is 6.29 Å². The van der Waals surface area contributed by atoms with Gasteiger partial charge in [-0.2, -0.15) is 0 Å². The largest absolute Gasteiger partial charge is 0.298 e. The first kappa shape index (κ1) is 11.7. The van der Waals surface area contributed by atoms with Gasteiger partial charge in [0.05, 0.1) is 0 Å². The van der Waals surface area contributed by atoms with E-state index in [0.29, 0.717) is 5.92 Å². The summed E-state index contributed by atoms with van der Waals surface area (Å²) in [6, 6.07) is 0. The molecule has 0 saturated carbocycles. The number of carbonyl (C=O) groups excluding carboxylic acids is 1. The molecule has 70 valence electrons. The summed E-state index contributed by atoms with van der Waals surface area (Å²) >= 11 is 5.99. The van der Waals surface area contributed by atoms with Crippen molar-refractivity contribution in [3.8, 4) is 0 Å². The van der Waals surface area contributed by atoms with E-state index >= 15 is 0 Å². The first-order valence-electron chi connectivity index (χ1n) is 4.32. The molecular weight excluding hydrogens is 172 g/mol.